The molecule has 1 atom stereocenters. The molecule has 1 N–H and O–H groups in total. The number of benzene rings is 1. The monoisotopic (exact) mass is 283 g/mol. The summed E-state index contributed by atoms with van der Waals surface area (Å²) in [7, 11) is 0. The van der Waals surface area contributed by atoms with Crippen LogP contribution in [0.2, 0.25) is 0 Å². The lowest BCUT2D eigenvalue weighted by molar-refractivity contribution is -0.108. The predicted molar refractivity (Wildman–Crippen MR) is 66.4 cm³/mol. The number of aldehydes is 1. The summed E-state index contributed by atoms with van der Waals surface area (Å²) < 4.78 is 0.773. The lowest BCUT2D eigenvalue weighted by Gasteiger charge is -2.13. The first-order valence-corrected chi connectivity index (χ1v) is 5.93. The zero-order valence-electron chi connectivity index (χ0n) is 9.07. The number of hydrogen-bond donors (Lipinski definition) is 1. The lowest BCUT2D eigenvalue weighted by atomic mass is 10.1. The fraction of sp³-hybridized carbons (Fsp3) is 0.333. The molecule has 0 fully saturated rings. The average Bonchev–Trinajstić information content (AvgIpc) is 2.26. The quantitative estimate of drug-likeness (QED) is 0.845. The van der Waals surface area contributed by atoms with Crippen molar-refractivity contribution in [2.75, 3.05) is 0 Å². The number of carbonyl (C=O) groups is 2. The molecule has 0 saturated carbocycles. The molecule has 0 aliphatic carbocycles. The van der Waals surface area contributed by atoms with Crippen LogP contribution in [-0.2, 0) is 4.79 Å². The minimum atomic E-state index is -0.120. The summed E-state index contributed by atoms with van der Waals surface area (Å²) in [6.45, 7) is 1.89. The highest BCUT2D eigenvalue weighted by Gasteiger charge is 2.11. The molecule has 0 aliphatic rings. The number of nitrogens with one attached hydrogen (secondary N) is 1. The standard InChI is InChI=1S/C12H14BrNO2/c1-9(5-4-8-15)14-12(16)10-6-2-3-7-11(10)13/h2-3,6-9H,4-5H2,1H3,(H,14,16). The Kier molecular flexibility index (Phi) is 5.19. The number of hydrogen-bond acceptors (Lipinski definition) is 2. The lowest BCUT2D eigenvalue weighted by Crippen LogP contribution is -2.32. The Morgan fingerprint density at radius 2 is 2.19 bits per heavy atom. The van der Waals surface area contributed by atoms with E-state index in [-0.39, 0.29) is 11.9 Å². The van der Waals surface area contributed by atoms with Crippen LogP contribution in [0.1, 0.15) is 30.1 Å². The molecule has 4 heteroatoms. The molecule has 0 aliphatic heterocycles. The van der Waals surface area contributed by atoms with E-state index in [1.54, 1.807) is 6.07 Å². The third-order valence-corrected chi connectivity index (χ3v) is 2.91. The summed E-state index contributed by atoms with van der Waals surface area (Å²) in [5, 5.41) is 2.84. The van der Waals surface area contributed by atoms with Gasteiger partial charge in [0.1, 0.15) is 6.29 Å². The SMILES string of the molecule is CC(CCC=O)NC(=O)c1ccccc1Br. The van der Waals surface area contributed by atoms with E-state index in [4.69, 9.17) is 0 Å². The van der Waals surface area contributed by atoms with Gasteiger partial charge in [-0.1, -0.05) is 12.1 Å². The van der Waals surface area contributed by atoms with Gasteiger partial charge in [0.05, 0.1) is 5.56 Å². The molecule has 1 aromatic rings. The van der Waals surface area contributed by atoms with Crippen molar-refractivity contribution in [3.05, 3.63) is 34.3 Å². The van der Waals surface area contributed by atoms with Crippen LogP contribution in [-0.4, -0.2) is 18.2 Å². The Morgan fingerprint density at radius 3 is 2.81 bits per heavy atom. The molecule has 1 aromatic carbocycles. The van der Waals surface area contributed by atoms with Crippen molar-refractivity contribution >= 4 is 28.1 Å². The zero-order valence-corrected chi connectivity index (χ0v) is 10.7. The van der Waals surface area contributed by atoms with E-state index in [2.05, 4.69) is 21.2 Å². The fourth-order valence-electron chi connectivity index (χ4n) is 1.34. The Balaban J connectivity index is 2.59. The van der Waals surface area contributed by atoms with Crippen LogP contribution < -0.4 is 5.32 Å². The fourth-order valence-corrected chi connectivity index (χ4v) is 1.80. The van der Waals surface area contributed by atoms with Gasteiger partial charge >= 0.3 is 0 Å². The van der Waals surface area contributed by atoms with Crippen LogP contribution in [0.5, 0.6) is 0 Å². The van der Waals surface area contributed by atoms with E-state index in [1.807, 2.05) is 25.1 Å². The van der Waals surface area contributed by atoms with E-state index in [0.29, 0.717) is 18.4 Å². The average molecular weight is 284 g/mol. The van der Waals surface area contributed by atoms with Crippen LogP contribution >= 0.6 is 15.9 Å². The summed E-state index contributed by atoms with van der Waals surface area (Å²) in [5.41, 5.74) is 0.612. The largest absolute Gasteiger partial charge is 0.350 e. The maximum Gasteiger partial charge on any atom is 0.252 e. The summed E-state index contributed by atoms with van der Waals surface area (Å²) in [6.07, 6.45) is 2.00. The zero-order chi connectivity index (χ0) is 12.0. The molecule has 0 aromatic heterocycles. The molecule has 86 valence electrons. The molecule has 16 heavy (non-hydrogen) atoms. The van der Waals surface area contributed by atoms with Crippen LogP contribution in [0.3, 0.4) is 0 Å². The highest BCUT2D eigenvalue weighted by molar-refractivity contribution is 9.10. The summed E-state index contributed by atoms with van der Waals surface area (Å²) in [6, 6.07) is 7.26. The van der Waals surface area contributed by atoms with Gasteiger partial charge in [-0.25, -0.2) is 0 Å². The van der Waals surface area contributed by atoms with Gasteiger partial charge in [0.2, 0.25) is 0 Å². The van der Waals surface area contributed by atoms with Gasteiger partial charge in [0.15, 0.2) is 0 Å². The van der Waals surface area contributed by atoms with Gasteiger partial charge in [0.25, 0.3) is 5.91 Å². The van der Waals surface area contributed by atoms with Crippen molar-refractivity contribution < 1.29 is 9.59 Å². The second kappa shape index (κ2) is 6.43. The van der Waals surface area contributed by atoms with Gasteiger partial charge < -0.3 is 10.1 Å². The van der Waals surface area contributed by atoms with Crippen molar-refractivity contribution in [3.63, 3.8) is 0 Å². The molecule has 1 amide bonds. The molecule has 0 saturated heterocycles. The predicted octanol–water partition coefficient (Wildman–Crippen LogP) is 2.55. The summed E-state index contributed by atoms with van der Waals surface area (Å²) in [4.78, 5) is 22.0. The van der Waals surface area contributed by atoms with Gasteiger partial charge in [-0.05, 0) is 41.4 Å². The second-order valence-corrected chi connectivity index (χ2v) is 4.45. The number of amides is 1. The molecular weight excluding hydrogens is 270 g/mol. The molecule has 1 unspecified atom stereocenters. The smallest absolute Gasteiger partial charge is 0.252 e. The van der Waals surface area contributed by atoms with Crippen molar-refractivity contribution in [1.29, 1.82) is 0 Å². The Bertz CT molecular complexity index is 379. The molecule has 0 radical (unpaired) electrons. The van der Waals surface area contributed by atoms with Gasteiger partial charge in [-0.3, -0.25) is 4.79 Å². The number of carbonyl (C=O) groups excluding carboxylic acids is 2. The first-order chi connectivity index (χ1) is 7.65. The van der Waals surface area contributed by atoms with E-state index in [9.17, 15) is 9.59 Å². The maximum absolute atomic E-state index is 11.8. The van der Waals surface area contributed by atoms with Crippen LogP contribution in [0.4, 0.5) is 0 Å². The van der Waals surface area contributed by atoms with Gasteiger partial charge in [-0.15, -0.1) is 0 Å². The van der Waals surface area contributed by atoms with E-state index in [1.165, 1.54) is 0 Å². The number of rotatable bonds is 5. The summed E-state index contributed by atoms with van der Waals surface area (Å²) in [5.74, 6) is -0.120. The topological polar surface area (TPSA) is 46.2 Å². The Morgan fingerprint density at radius 1 is 1.50 bits per heavy atom. The maximum atomic E-state index is 11.8. The highest BCUT2D eigenvalue weighted by atomic mass is 79.9. The van der Waals surface area contributed by atoms with Crippen molar-refractivity contribution in [2.45, 2.75) is 25.8 Å². The van der Waals surface area contributed by atoms with Crippen LogP contribution in [0, 0.1) is 0 Å². The molecule has 0 heterocycles. The first kappa shape index (κ1) is 12.9. The normalized spacial score (nSPS) is 11.9. The van der Waals surface area contributed by atoms with Crippen molar-refractivity contribution in [3.8, 4) is 0 Å². The molecule has 0 spiro atoms. The second-order valence-electron chi connectivity index (χ2n) is 3.60. The minimum absolute atomic E-state index is 0.00445. The molecular formula is C12H14BrNO2. The number of halogens is 1. The van der Waals surface area contributed by atoms with Crippen molar-refractivity contribution in [2.24, 2.45) is 0 Å². The Labute approximate surface area is 103 Å². The van der Waals surface area contributed by atoms with Crippen LogP contribution in [0.15, 0.2) is 28.7 Å². The highest BCUT2D eigenvalue weighted by Crippen LogP contribution is 2.15. The van der Waals surface area contributed by atoms with E-state index in [0.717, 1.165) is 10.8 Å². The molecule has 1 rings (SSSR count). The third kappa shape index (κ3) is 3.77. The van der Waals surface area contributed by atoms with Crippen LogP contribution in [0.25, 0.3) is 0 Å². The van der Waals surface area contributed by atoms with E-state index >= 15 is 0 Å². The Hall–Kier alpha value is -1.16. The van der Waals surface area contributed by atoms with Gasteiger partial charge in [0, 0.05) is 16.9 Å². The van der Waals surface area contributed by atoms with Crippen molar-refractivity contribution in [1.82, 2.24) is 5.32 Å². The van der Waals surface area contributed by atoms with E-state index < -0.39 is 0 Å². The molecule has 0 bridgehead atoms. The third-order valence-electron chi connectivity index (χ3n) is 2.21. The summed E-state index contributed by atoms with van der Waals surface area (Å²) >= 11 is 3.32. The minimum Gasteiger partial charge on any atom is -0.350 e. The first-order valence-electron chi connectivity index (χ1n) is 5.14. The van der Waals surface area contributed by atoms with Gasteiger partial charge in [-0.2, -0.15) is 0 Å². The molecule has 3 nitrogen and oxygen atoms in total.